The molecule has 1 unspecified atom stereocenters. The highest BCUT2D eigenvalue weighted by Crippen LogP contribution is 2.27. The highest BCUT2D eigenvalue weighted by Gasteiger charge is 2.15. The lowest BCUT2D eigenvalue weighted by molar-refractivity contribution is -0.0102. The molecule has 0 radical (unpaired) electrons. The van der Waals surface area contributed by atoms with Crippen LogP contribution in [0, 0.1) is 0 Å². The molecule has 4 heteroatoms. The lowest BCUT2D eigenvalue weighted by atomic mass is 10.1. The monoisotopic (exact) mass is 257 g/mol. The first kappa shape index (κ1) is 14.3. The predicted octanol–water partition coefficient (Wildman–Crippen LogP) is 3.16. The second kappa shape index (κ2) is 5.71. The Kier molecular flexibility index (Phi) is 4.80. The van der Waals surface area contributed by atoms with E-state index in [4.69, 9.17) is 26.8 Å². The number of ether oxygens (including phenoxy) is 2. The van der Waals surface area contributed by atoms with Gasteiger partial charge in [0.2, 0.25) is 0 Å². The van der Waals surface area contributed by atoms with Gasteiger partial charge in [0.25, 0.3) is 0 Å². The molecule has 3 nitrogen and oxygen atoms in total. The maximum atomic E-state index is 6.05. The largest absolute Gasteiger partial charge is 0.495 e. The van der Waals surface area contributed by atoms with Gasteiger partial charge in [0.05, 0.1) is 30.4 Å². The van der Waals surface area contributed by atoms with Crippen LogP contribution in [0.15, 0.2) is 18.2 Å². The highest BCUT2D eigenvalue weighted by molar-refractivity contribution is 6.32. The Morgan fingerprint density at radius 2 is 2.00 bits per heavy atom. The van der Waals surface area contributed by atoms with Crippen molar-refractivity contribution in [1.82, 2.24) is 0 Å². The van der Waals surface area contributed by atoms with Gasteiger partial charge < -0.3 is 15.2 Å². The summed E-state index contributed by atoms with van der Waals surface area (Å²) in [5.41, 5.74) is 6.82. The van der Waals surface area contributed by atoms with E-state index in [-0.39, 0.29) is 11.6 Å². The molecule has 0 aliphatic carbocycles. The van der Waals surface area contributed by atoms with Crippen LogP contribution in [-0.4, -0.2) is 19.3 Å². The number of nitrogens with two attached hydrogens (primary N) is 1. The topological polar surface area (TPSA) is 44.5 Å². The zero-order chi connectivity index (χ0) is 13.1. The standard InChI is InChI=1S/C13H20ClNO2/c1-13(2,3)17-8-11(15)9-5-6-10(14)12(7-9)16-4/h5-7,11H,8,15H2,1-4H3. The van der Waals surface area contributed by atoms with Crippen LogP contribution in [0.25, 0.3) is 0 Å². The molecule has 0 aromatic heterocycles. The fourth-order valence-corrected chi connectivity index (χ4v) is 1.54. The maximum absolute atomic E-state index is 6.05. The molecule has 1 aromatic rings. The minimum atomic E-state index is -0.186. The summed E-state index contributed by atoms with van der Waals surface area (Å²) in [6.07, 6.45) is 0. The van der Waals surface area contributed by atoms with Crippen molar-refractivity contribution in [2.75, 3.05) is 13.7 Å². The van der Waals surface area contributed by atoms with Crippen LogP contribution < -0.4 is 10.5 Å². The van der Waals surface area contributed by atoms with Crippen LogP contribution in [0.2, 0.25) is 5.02 Å². The SMILES string of the molecule is COc1cc(C(N)COC(C)(C)C)ccc1Cl. The summed E-state index contributed by atoms with van der Waals surface area (Å²) in [5.74, 6) is 0.635. The van der Waals surface area contributed by atoms with Gasteiger partial charge in [-0.1, -0.05) is 17.7 Å². The zero-order valence-electron chi connectivity index (χ0n) is 10.8. The van der Waals surface area contributed by atoms with Gasteiger partial charge in [0, 0.05) is 0 Å². The van der Waals surface area contributed by atoms with Crippen LogP contribution in [0.5, 0.6) is 5.75 Å². The van der Waals surface area contributed by atoms with Crippen molar-refractivity contribution >= 4 is 11.6 Å². The van der Waals surface area contributed by atoms with Gasteiger partial charge in [-0.3, -0.25) is 0 Å². The Labute approximate surface area is 108 Å². The average molecular weight is 258 g/mol. The minimum absolute atomic E-state index is 0.180. The Hall–Kier alpha value is -0.770. The molecule has 1 aromatic carbocycles. The zero-order valence-corrected chi connectivity index (χ0v) is 11.5. The third-order valence-corrected chi connectivity index (χ3v) is 2.61. The minimum Gasteiger partial charge on any atom is -0.495 e. The molecule has 0 spiro atoms. The summed E-state index contributed by atoms with van der Waals surface area (Å²) < 4.78 is 10.8. The Morgan fingerprint density at radius 3 is 2.53 bits per heavy atom. The molecule has 0 fully saturated rings. The molecular formula is C13H20ClNO2. The lowest BCUT2D eigenvalue weighted by Gasteiger charge is -2.22. The first-order chi connectivity index (χ1) is 7.83. The Balaban J connectivity index is 2.72. The predicted molar refractivity (Wildman–Crippen MR) is 70.6 cm³/mol. The number of hydrogen-bond acceptors (Lipinski definition) is 3. The summed E-state index contributed by atoms with van der Waals surface area (Å²) in [5, 5.41) is 0.584. The van der Waals surface area contributed by atoms with Crippen LogP contribution in [0.3, 0.4) is 0 Å². The van der Waals surface area contributed by atoms with Gasteiger partial charge in [-0.2, -0.15) is 0 Å². The molecule has 0 saturated carbocycles. The van der Waals surface area contributed by atoms with Crippen molar-refractivity contribution in [2.24, 2.45) is 5.73 Å². The van der Waals surface area contributed by atoms with E-state index in [0.717, 1.165) is 5.56 Å². The molecule has 1 atom stereocenters. The van der Waals surface area contributed by atoms with Gasteiger partial charge in [-0.15, -0.1) is 0 Å². The van der Waals surface area contributed by atoms with E-state index in [2.05, 4.69) is 0 Å². The van der Waals surface area contributed by atoms with Crippen molar-refractivity contribution in [3.05, 3.63) is 28.8 Å². The molecule has 0 saturated heterocycles. The average Bonchev–Trinajstić information content (AvgIpc) is 2.25. The summed E-state index contributed by atoms with van der Waals surface area (Å²) in [6.45, 7) is 6.47. The molecular weight excluding hydrogens is 238 g/mol. The summed E-state index contributed by atoms with van der Waals surface area (Å²) >= 11 is 5.95. The van der Waals surface area contributed by atoms with E-state index in [0.29, 0.717) is 17.4 Å². The first-order valence-corrected chi connectivity index (χ1v) is 5.94. The van der Waals surface area contributed by atoms with E-state index in [9.17, 15) is 0 Å². The molecule has 0 amide bonds. The Morgan fingerprint density at radius 1 is 1.35 bits per heavy atom. The van der Waals surface area contributed by atoms with Crippen molar-refractivity contribution in [2.45, 2.75) is 32.4 Å². The van der Waals surface area contributed by atoms with Gasteiger partial charge in [-0.05, 0) is 38.5 Å². The molecule has 17 heavy (non-hydrogen) atoms. The number of hydrogen-bond donors (Lipinski definition) is 1. The van der Waals surface area contributed by atoms with Crippen LogP contribution >= 0.6 is 11.6 Å². The second-order valence-corrected chi connectivity index (χ2v) is 5.33. The molecule has 0 heterocycles. The van der Waals surface area contributed by atoms with Gasteiger partial charge in [0.1, 0.15) is 5.75 Å². The van der Waals surface area contributed by atoms with E-state index >= 15 is 0 Å². The smallest absolute Gasteiger partial charge is 0.137 e. The van der Waals surface area contributed by atoms with Crippen LogP contribution in [0.4, 0.5) is 0 Å². The maximum Gasteiger partial charge on any atom is 0.137 e. The number of benzene rings is 1. The molecule has 2 N–H and O–H groups in total. The van der Waals surface area contributed by atoms with E-state index in [1.54, 1.807) is 13.2 Å². The normalized spacial score (nSPS) is 13.5. The first-order valence-electron chi connectivity index (χ1n) is 5.56. The quantitative estimate of drug-likeness (QED) is 0.901. The molecule has 96 valence electrons. The van der Waals surface area contributed by atoms with Crippen molar-refractivity contribution < 1.29 is 9.47 Å². The van der Waals surface area contributed by atoms with Gasteiger partial charge in [0.15, 0.2) is 0 Å². The molecule has 0 aliphatic heterocycles. The van der Waals surface area contributed by atoms with E-state index in [1.165, 1.54) is 0 Å². The fourth-order valence-electron chi connectivity index (χ4n) is 1.34. The van der Waals surface area contributed by atoms with E-state index < -0.39 is 0 Å². The number of methoxy groups -OCH3 is 1. The highest BCUT2D eigenvalue weighted by atomic mass is 35.5. The second-order valence-electron chi connectivity index (χ2n) is 4.92. The van der Waals surface area contributed by atoms with Crippen LogP contribution in [-0.2, 0) is 4.74 Å². The number of rotatable bonds is 4. The van der Waals surface area contributed by atoms with Crippen LogP contribution in [0.1, 0.15) is 32.4 Å². The Bertz CT molecular complexity index is 374. The number of halogens is 1. The van der Waals surface area contributed by atoms with Gasteiger partial charge in [-0.25, -0.2) is 0 Å². The fraction of sp³-hybridized carbons (Fsp3) is 0.538. The summed E-state index contributed by atoms with van der Waals surface area (Å²) in [7, 11) is 1.59. The molecule has 0 bridgehead atoms. The van der Waals surface area contributed by atoms with Gasteiger partial charge >= 0.3 is 0 Å². The van der Waals surface area contributed by atoms with Crippen molar-refractivity contribution in [1.29, 1.82) is 0 Å². The third kappa shape index (κ3) is 4.54. The summed E-state index contributed by atoms with van der Waals surface area (Å²) in [6, 6.07) is 5.34. The lowest BCUT2D eigenvalue weighted by Crippen LogP contribution is -2.26. The van der Waals surface area contributed by atoms with Crippen molar-refractivity contribution in [3.8, 4) is 5.75 Å². The molecule has 0 aliphatic rings. The third-order valence-electron chi connectivity index (χ3n) is 2.30. The van der Waals surface area contributed by atoms with Crippen molar-refractivity contribution in [3.63, 3.8) is 0 Å². The summed E-state index contributed by atoms with van der Waals surface area (Å²) in [4.78, 5) is 0. The molecule has 1 rings (SSSR count). The van der Waals surface area contributed by atoms with E-state index in [1.807, 2.05) is 32.9 Å².